The Morgan fingerprint density at radius 1 is 1.17 bits per heavy atom. The van der Waals surface area contributed by atoms with E-state index >= 15 is 0 Å². The minimum atomic E-state index is -5.08. The third-order valence-corrected chi connectivity index (χ3v) is 6.12. The lowest BCUT2D eigenvalue weighted by Gasteiger charge is -2.39. The van der Waals surface area contributed by atoms with Gasteiger partial charge in [-0.2, -0.15) is 13.2 Å². The zero-order valence-corrected chi connectivity index (χ0v) is 20.5. The van der Waals surface area contributed by atoms with Gasteiger partial charge >= 0.3 is 12.1 Å². The number of benzene rings is 1. The van der Waals surface area contributed by atoms with Gasteiger partial charge < -0.3 is 14.7 Å². The number of hydrogen-bond donors (Lipinski definition) is 1. The van der Waals surface area contributed by atoms with Crippen molar-refractivity contribution >= 4 is 11.9 Å². The third kappa shape index (κ3) is 8.87. The van der Waals surface area contributed by atoms with E-state index in [1.165, 1.54) is 12.1 Å². The van der Waals surface area contributed by atoms with Crippen LogP contribution in [0.15, 0.2) is 42.6 Å². The summed E-state index contributed by atoms with van der Waals surface area (Å²) in [7, 11) is 3.54. The summed E-state index contributed by atoms with van der Waals surface area (Å²) in [4.78, 5) is 30.2. The molecule has 2 heterocycles. The molecule has 3 rings (SSSR count). The zero-order chi connectivity index (χ0) is 26.9. The number of rotatable bonds is 7. The van der Waals surface area contributed by atoms with Crippen molar-refractivity contribution < 1.29 is 37.0 Å². The molecule has 1 aromatic heterocycles. The second-order valence-electron chi connectivity index (χ2n) is 8.57. The maximum absolute atomic E-state index is 13.2. The summed E-state index contributed by atoms with van der Waals surface area (Å²) in [6.07, 6.45) is -1.08. The van der Waals surface area contributed by atoms with Crippen molar-refractivity contribution in [2.75, 3.05) is 27.2 Å². The van der Waals surface area contributed by atoms with Gasteiger partial charge in [-0.3, -0.25) is 14.7 Å². The fourth-order valence-electron chi connectivity index (χ4n) is 3.91. The molecule has 11 heteroatoms. The minimum absolute atomic E-state index is 0.122. The normalized spacial score (nSPS) is 15.5. The average Bonchev–Trinajstić information content (AvgIpc) is 2.85. The van der Waals surface area contributed by atoms with E-state index in [0.29, 0.717) is 13.0 Å². The van der Waals surface area contributed by atoms with Crippen LogP contribution in [0.3, 0.4) is 0 Å². The van der Waals surface area contributed by atoms with Gasteiger partial charge in [-0.05, 0) is 49.1 Å². The molecule has 0 radical (unpaired) electrons. The first-order valence-corrected chi connectivity index (χ1v) is 11.4. The lowest BCUT2D eigenvalue weighted by Crippen LogP contribution is -2.46. The summed E-state index contributed by atoms with van der Waals surface area (Å²) >= 11 is 0. The van der Waals surface area contributed by atoms with Crippen molar-refractivity contribution in [2.45, 2.75) is 51.1 Å². The van der Waals surface area contributed by atoms with Crippen LogP contribution in [0.4, 0.5) is 17.6 Å². The van der Waals surface area contributed by atoms with E-state index in [-0.39, 0.29) is 23.8 Å². The molecule has 7 nitrogen and oxygen atoms in total. The van der Waals surface area contributed by atoms with Crippen LogP contribution in [0.25, 0.3) is 0 Å². The number of amides is 1. The quantitative estimate of drug-likeness (QED) is 0.558. The van der Waals surface area contributed by atoms with Crippen LogP contribution < -0.4 is 0 Å². The number of pyridine rings is 1. The van der Waals surface area contributed by atoms with Gasteiger partial charge in [-0.15, -0.1) is 0 Å². The van der Waals surface area contributed by atoms with Crippen molar-refractivity contribution in [3.8, 4) is 0 Å². The highest BCUT2D eigenvalue weighted by atomic mass is 19.4. The van der Waals surface area contributed by atoms with Gasteiger partial charge in [-0.25, -0.2) is 9.18 Å². The summed E-state index contributed by atoms with van der Waals surface area (Å²) in [5.41, 5.74) is 2.91. The first-order valence-electron chi connectivity index (χ1n) is 11.4. The number of carboxylic acids is 1. The summed E-state index contributed by atoms with van der Waals surface area (Å²) in [6.45, 7) is 4.48. The fourth-order valence-corrected chi connectivity index (χ4v) is 3.91. The molecule has 36 heavy (non-hydrogen) atoms. The standard InChI is InChI=1S/C23H30FN3O2.C2HF3O2/c1-17(19-5-7-20(24)8-6-19)27-12-10-22(11-13-27)26(2)23(28)14-18-4-9-21(16-29-3)25-15-18;3-2(4,5)1(6)7/h4-9,15,17,22H,10-14,16H2,1-3H3;(H,6,7). The summed E-state index contributed by atoms with van der Waals surface area (Å²) in [5.74, 6) is -2.84. The molecule has 0 aliphatic carbocycles. The Kier molecular flexibility index (Phi) is 10.8. The van der Waals surface area contributed by atoms with Crippen LogP contribution in [0.5, 0.6) is 0 Å². The SMILES string of the molecule is COCc1ccc(CC(=O)N(C)C2CCN(C(C)c3ccc(F)cc3)CC2)cn1.O=C(O)C(F)(F)F. The van der Waals surface area contributed by atoms with Crippen molar-refractivity contribution in [3.63, 3.8) is 0 Å². The number of methoxy groups -OCH3 is 1. The Labute approximate surface area is 207 Å². The second-order valence-corrected chi connectivity index (χ2v) is 8.57. The van der Waals surface area contributed by atoms with E-state index in [2.05, 4.69) is 16.8 Å². The Morgan fingerprint density at radius 2 is 1.75 bits per heavy atom. The van der Waals surface area contributed by atoms with Crippen molar-refractivity contribution in [1.82, 2.24) is 14.8 Å². The highest BCUT2D eigenvalue weighted by molar-refractivity contribution is 5.78. The summed E-state index contributed by atoms with van der Waals surface area (Å²) < 4.78 is 50.0. The van der Waals surface area contributed by atoms with E-state index < -0.39 is 12.1 Å². The smallest absolute Gasteiger partial charge is 0.475 e. The van der Waals surface area contributed by atoms with Gasteiger partial charge in [0.1, 0.15) is 5.82 Å². The molecule has 0 bridgehead atoms. The summed E-state index contributed by atoms with van der Waals surface area (Å²) in [5, 5.41) is 7.12. The zero-order valence-electron chi connectivity index (χ0n) is 20.5. The van der Waals surface area contributed by atoms with Crippen LogP contribution in [0.1, 0.15) is 42.6 Å². The Balaban J connectivity index is 0.000000572. The van der Waals surface area contributed by atoms with Gasteiger partial charge in [-0.1, -0.05) is 18.2 Å². The molecule has 1 N–H and O–H groups in total. The number of hydrogen-bond acceptors (Lipinski definition) is 5. The van der Waals surface area contributed by atoms with Gasteiger partial charge in [0.15, 0.2) is 0 Å². The first kappa shape index (κ1) is 29.2. The van der Waals surface area contributed by atoms with E-state index in [0.717, 1.165) is 42.8 Å². The average molecular weight is 514 g/mol. The molecule has 1 saturated heterocycles. The number of carboxylic acid groups (broad SMARTS) is 1. The number of alkyl halides is 3. The van der Waals surface area contributed by atoms with Crippen LogP contribution in [0.2, 0.25) is 0 Å². The number of ether oxygens (including phenoxy) is 1. The second kappa shape index (κ2) is 13.3. The molecule has 0 spiro atoms. The molecule has 2 aromatic rings. The molecule has 1 atom stereocenters. The molecule has 198 valence electrons. The number of nitrogens with zero attached hydrogens (tertiary/aromatic N) is 3. The molecule has 1 aliphatic heterocycles. The van der Waals surface area contributed by atoms with Gasteiger partial charge in [0.25, 0.3) is 0 Å². The molecule has 1 amide bonds. The topological polar surface area (TPSA) is 83.0 Å². The number of likely N-dealkylation sites (N-methyl/N-ethyl adjacent to an activating group) is 1. The van der Waals surface area contributed by atoms with Crippen LogP contribution in [0, 0.1) is 5.82 Å². The maximum atomic E-state index is 13.2. The van der Waals surface area contributed by atoms with Gasteiger partial charge in [0.2, 0.25) is 5.91 Å². The number of halogens is 4. The number of piperidine rings is 1. The Morgan fingerprint density at radius 3 is 2.22 bits per heavy atom. The first-order chi connectivity index (χ1) is 16.9. The molecule has 1 unspecified atom stereocenters. The van der Waals surface area contributed by atoms with Crippen LogP contribution in [-0.4, -0.2) is 71.2 Å². The minimum Gasteiger partial charge on any atom is -0.475 e. The fraction of sp³-hybridized carbons (Fsp3) is 0.480. The molecule has 1 aromatic carbocycles. The van der Waals surface area contributed by atoms with Crippen molar-refractivity contribution in [3.05, 3.63) is 65.2 Å². The molecule has 1 aliphatic rings. The lowest BCUT2D eigenvalue weighted by molar-refractivity contribution is -0.192. The van der Waals surface area contributed by atoms with Gasteiger partial charge in [0, 0.05) is 45.5 Å². The Bertz CT molecular complexity index is 976. The number of aliphatic carboxylic acids is 1. The van der Waals surface area contributed by atoms with E-state index in [9.17, 15) is 22.4 Å². The molecular weight excluding hydrogens is 482 g/mol. The Hall–Kier alpha value is -3.05. The molecule has 0 saturated carbocycles. The van der Waals surface area contributed by atoms with E-state index in [1.54, 1.807) is 13.3 Å². The van der Waals surface area contributed by atoms with E-state index in [1.807, 2.05) is 36.2 Å². The number of likely N-dealkylation sites (tertiary alicyclic amines) is 1. The van der Waals surface area contributed by atoms with Crippen LogP contribution in [-0.2, 0) is 27.4 Å². The van der Waals surface area contributed by atoms with Crippen molar-refractivity contribution in [1.29, 1.82) is 0 Å². The number of aromatic nitrogens is 1. The molecule has 1 fully saturated rings. The summed E-state index contributed by atoms with van der Waals surface area (Å²) in [6, 6.07) is 11.1. The lowest BCUT2D eigenvalue weighted by atomic mass is 9.99. The third-order valence-electron chi connectivity index (χ3n) is 6.12. The monoisotopic (exact) mass is 513 g/mol. The highest BCUT2D eigenvalue weighted by Gasteiger charge is 2.38. The predicted octanol–water partition coefficient (Wildman–Crippen LogP) is 4.23. The van der Waals surface area contributed by atoms with Gasteiger partial charge in [0.05, 0.1) is 18.7 Å². The van der Waals surface area contributed by atoms with Crippen molar-refractivity contribution in [2.24, 2.45) is 0 Å². The number of carbonyl (C=O) groups excluding carboxylic acids is 1. The predicted molar refractivity (Wildman–Crippen MR) is 125 cm³/mol. The maximum Gasteiger partial charge on any atom is 0.490 e. The largest absolute Gasteiger partial charge is 0.490 e. The van der Waals surface area contributed by atoms with E-state index in [4.69, 9.17) is 14.6 Å². The number of carbonyl (C=O) groups is 2. The highest BCUT2D eigenvalue weighted by Crippen LogP contribution is 2.26. The molecular formula is C25H31F4N3O4. The van der Waals surface area contributed by atoms with Crippen LogP contribution >= 0.6 is 0 Å².